The maximum atomic E-state index is 5.42. The van der Waals surface area contributed by atoms with Gasteiger partial charge in [0.05, 0.1) is 5.69 Å². The summed E-state index contributed by atoms with van der Waals surface area (Å²) in [5.41, 5.74) is 3.40. The number of benzene rings is 2. The van der Waals surface area contributed by atoms with Gasteiger partial charge in [-0.05, 0) is 65.7 Å². The fraction of sp³-hybridized carbons (Fsp3) is 0.278. The highest BCUT2D eigenvalue weighted by Gasteiger charge is 2.13. The van der Waals surface area contributed by atoms with Crippen LogP contribution in [-0.4, -0.2) is 33.5 Å². The van der Waals surface area contributed by atoms with E-state index in [1.54, 1.807) is 11.0 Å². The highest BCUT2D eigenvalue weighted by molar-refractivity contribution is 5.44. The molecule has 0 radical (unpaired) electrons. The highest BCUT2D eigenvalue weighted by atomic mass is 16.7. The predicted molar refractivity (Wildman–Crippen MR) is 91.8 cm³/mol. The molecule has 1 aliphatic heterocycles. The van der Waals surface area contributed by atoms with Crippen LogP contribution < -0.4 is 14.8 Å². The molecule has 4 rings (SSSR count). The van der Waals surface area contributed by atoms with Gasteiger partial charge in [-0.25, -0.2) is 4.68 Å². The minimum absolute atomic E-state index is 0.261. The molecule has 0 saturated heterocycles. The molecule has 3 aromatic rings. The molecule has 1 atom stereocenters. The van der Waals surface area contributed by atoms with E-state index in [2.05, 4.69) is 52.0 Å². The average molecular weight is 337 g/mol. The summed E-state index contributed by atoms with van der Waals surface area (Å²) < 4.78 is 12.4. The van der Waals surface area contributed by atoms with E-state index in [1.165, 1.54) is 11.1 Å². The zero-order chi connectivity index (χ0) is 17.1. The first-order valence-electron chi connectivity index (χ1n) is 8.25. The minimum Gasteiger partial charge on any atom is -0.454 e. The lowest BCUT2D eigenvalue weighted by Crippen LogP contribution is -2.21. The number of rotatable bonds is 6. The molecule has 7 nitrogen and oxygen atoms in total. The maximum absolute atomic E-state index is 5.42. The van der Waals surface area contributed by atoms with Gasteiger partial charge < -0.3 is 14.8 Å². The van der Waals surface area contributed by atoms with E-state index < -0.39 is 0 Å². The molecule has 0 saturated carbocycles. The number of nitrogens with one attached hydrogen (secondary N) is 1. The topological polar surface area (TPSA) is 74.1 Å². The van der Waals surface area contributed by atoms with Crippen molar-refractivity contribution in [3.05, 3.63) is 59.9 Å². The Morgan fingerprint density at radius 2 is 1.96 bits per heavy atom. The van der Waals surface area contributed by atoms with Gasteiger partial charge in [-0.15, -0.1) is 5.10 Å². The number of hydrogen-bond acceptors (Lipinski definition) is 6. The zero-order valence-corrected chi connectivity index (χ0v) is 13.9. The highest BCUT2D eigenvalue weighted by Crippen LogP contribution is 2.32. The third-order valence-corrected chi connectivity index (χ3v) is 4.31. The average Bonchev–Trinajstić information content (AvgIpc) is 3.33. The molecule has 1 aromatic heterocycles. The Kier molecular flexibility index (Phi) is 4.30. The lowest BCUT2D eigenvalue weighted by molar-refractivity contribution is 0.174. The van der Waals surface area contributed by atoms with Crippen LogP contribution in [0.1, 0.15) is 24.1 Å². The molecule has 0 bridgehead atoms. The quantitative estimate of drug-likeness (QED) is 0.744. The summed E-state index contributed by atoms with van der Waals surface area (Å²) in [6.45, 7) is 3.36. The Bertz CT molecular complexity index is 833. The third kappa shape index (κ3) is 3.46. The van der Waals surface area contributed by atoms with Crippen LogP contribution in [0.3, 0.4) is 0 Å². The van der Waals surface area contributed by atoms with Crippen LogP contribution in [0.15, 0.2) is 48.8 Å². The summed E-state index contributed by atoms with van der Waals surface area (Å²) >= 11 is 0. The van der Waals surface area contributed by atoms with Crippen molar-refractivity contribution < 1.29 is 9.47 Å². The normalized spacial score (nSPS) is 13.8. The minimum atomic E-state index is 0.261. The van der Waals surface area contributed by atoms with E-state index in [4.69, 9.17) is 9.47 Å². The summed E-state index contributed by atoms with van der Waals surface area (Å²) in [5.74, 6) is 1.66. The van der Waals surface area contributed by atoms with Crippen molar-refractivity contribution in [3.8, 4) is 17.2 Å². The third-order valence-electron chi connectivity index (χ3n) is 4.31. The molecule has 25 heavy (non-hydrogen) atoms. The summed E-state index contributed by atoms with van der Waals surface area (Å²) in [4.78, 5) is 0. The van der Waals surface area contributed by atoms with Gasteiger partial charge in [0.15, 0.2) is 11.5 Å². The molecule has 0 fully saturated rings. The number of tetrazole rings is 1. The number of aromatic nitrogens is 4. The van der Waals surface area contributed by atoms with Gasteiger partial charge in [-0.2, -0.15) is 0 Å². The van der Waals surface area contributed by atoms with E-state index in [9.17, 15) is 0 Å². The van der Waals surface area contributed by atoms with Crippen molar-refractivity contribution in [3.63, 3.8) is 0 Å². The lowest BCUT2D eigenvalue weighted by atomic mass is 10.1. The van der Waals surface area contributed by atoms with Crippen molar-refractivity contribution in [2.45, 2.75) is 19.4 Å². The first kappa shape index (κ1) is 15.6. The van der Waals surface area contributed by atoms with Gasteiger partial charge >= 0.3 is 0 Å². The van der Waals surface area contributed by atoms with E-state index in [1.807, 2.05) is 18.2 Å². The monoisotopic (exact) mass is 337 g/mol. The van der Waals surface area contributed by atoms with Gasteiger partial charge in [0.25, 0.3) is 0 Å². The second-order valence-corrected chi connectivity index (χ2v) is 5.96. The van der Waals surface area contributed by atoms with E-state index in [-0.39, 0.29) is 6.04 Å². The molecule has 0 unspecified atom stereocenters. The van der Waals surface area contributed by atoms with E-state index in [0.29, 0.717) is 6.79 Å². The van der Waals surface area contributed by atoms with Crippen molar-refractivity contribution in [2.75, 3.05) is 13.3 Å². The maximum Gasteiger partial charge on any atom is 0.231 e. The Hall–Kier alpha value is -2.93. The number of ether oxygens (including phenoxy) is 2. The van der Waals surface area contributed by atoms with Gasteiger partial charge in [0.1, 0.15) is 6.33 Å². The summed E-state index contributed by atoms with van der Waals surface area (Å²) in [5, 5.41) is 14.7. The molecule has 0 spiro atoms. The Morgan fingerprint density at radius 3 is 2.76 bits per heavy atom. The van der Waals surface area contributed by atoms with E-state index in [0.717, 1.165) is 30.2 Å². The van der Waals surface area contributed by atoms with Crippen molar-refractivity contribution >= 4 is 0 Å². The fourth-order valence-corrected chi connectivity index (χ4v) is 2.84. The second-order valence-electron chi connectivity index (χ2n) is 5.96. The van der Waals surface area contributed by atoms with Crippen LogP contribution in [-0.2, 0) is 6.42 Å². The summed E-state index contributed by atoms with van der Waals surface area (Å²) in [7, 11) is 0. The molecule has 1 aliphatic rings. The van der Waals surface area contributed by atoms with Crippen molar-refractivity contribution in [1.29, 1.82) is 0 Å². The molecule has 2 aromatic carbocycles. The Balaban J connectivity index is 1.32. The standard InChI is InChI=1S/C18H19N5O2/c1-13(15-3-5-16(6-4-15)23-11-20-21-22-23)19-9-8-14-2-7-17-18(10-14)25-12-24-17/h2-7,10-11,13,19H,8-9,12H2,1H3/t13-/m0/s1. The first-order chi connectivity index (χ1) is 12.3. The largest absolute Gasteiger partial charge is 0.454 e. The van der Waals surface area contributed by atoms with Crippen molar-refractivity contribution in [1.82, 2.24) is 25.5 Å². The van der Waals surface area contributed by atoms with Crippen LogP contribution in [0, 0.1) is 0 Å². The van der Waals surface area contributed by atoms with Gasteiger partial charge in [0.2, 0.25) is 6.79 Å². The molecule has 2 heterocycles. The van der Waals surface area contributed by atoms with Crippen LogP contribution in [0.5, 0.6) is 11.5 Å². The first-order valence-corrected chi connectivity index (χ1v) is 8.25. The summed E-state index contributed by atoms with van der Waals surface area (Å²) in [6, 6.07) is 14.6. The van der Waals surface area contributed by atoms with Gasteiger partial charge in [-0.3, -0.25) is 0 Å². The second kappa shape index (κ2) is 6.90. The summed E-state index contributed by atoms with van der Waals surface area (Å²) in [6.07, 6.45) is 2.52. The molecule has 0 aliphatic carbocycles. The Morgan fingerprint density at radius 1 is 1.12 bits per heavy atom. The van der Waals surface area contributed by atoms with Crippen molar-refractivity contribution in [2.24, 2.45) is 0 Å². The molecular formula is C18H19N5O2. The van der Waals surface area contributed by atoms with Gasteiger partial charge in [0, 0.05) is 6.04 Å². The number of hydrogen-bond donors (Lipinski definition) is 1. The van der Waals surface area contributed by atoms with E-state index >= 15 is 0 Å². The fourth-order valence-electron chi connectivity index (χ4n) is 2.84. The Labute approximate surface area is 145 Å². The SMILES string of the molecule is C[C@H](NCCc1ccc2c(c1)OCO2)c1ccc(-n2cnnn2)cc1. The molecule has 128 valence electrons. The van der Waals surface area contributed by atoms with Crippen LogP contribution in [0.4, 0.5) is 0 Å². The molecule has 7 heteroatoms. The molecule has 0 amide bonds. The number of nitrogens with zero attached hydrogens (tertiary/aromatic N) is 4. The lowest BCUT2D eigenvalue weighted by Gasteiger charge is -2.15. The van der Waals surface area contributed by atoms with Crippen LogP contribution in [0.2, 0.25) is 0 Å². The van der Waals surface area contributed by atoms with Crippen LogP contribution in [0.25, 0.3) is 5.69 Å². The molecular weight excluding hydrogens is 318 g/mol. The van der Waals surface area contributed by atoms with Gasteiger partial charge in [-0.1, -0.05) is 18.2 Å². The van der Waals surface area contributed by atoms with Crippen LogP contribution >= 0.6 is 0 Å². The smallest absolute Gasteiger partial charge is 0.231 e. The molecule has 1 N–H and O–H groups in total. The predicted octanol–water partition coefficient (Wildman–Crippen LogP) is 2.28. The zero-order valence-electron chi connectivity index (χ0n) is 13.9. The number of fused-ring (bicyclic) bond motifs is 1.